The quantitative estimate of drug-likeness (QED) is 0.0135. The van der Waals surface area contributed by atoms with Gasteiger partial charge in [0.2, 0.25) is 35.4 Å². The molecule has 29 nitrogen and oxygen atoms in total. The van der Waals surface area contributed by atoms with E-state index in [2.05, 4.69) is 51.9 Å². The number of nitrogens with zero attached hydrogens (tertiary/aromatic N) is 4. The smallest absolute Gasteiger partial charge is 0.352 e. The number of amides is 8. The number of carboxylic acid groups (broad SMARTS) is 1. The van der Waals surface area contributed by atoms with Gasteiger partial charge in [0.05, 0.1) is 25.0 Å². The van der Waals surface area contributed by atoms with E-state index in [-0.39, 0.29) is 82.8 Å². The fourth-order valence-electron chi connectivity index (χ4n) is 7.28. The van der Waals surface area contributed by atoms with E-state index in [9.17, 15) is 53.4 Å². The molecule has 0 aliphatic carbocycles. The first-order valence-electron chi connectivity index (χ1n) is 24.2. The zero-order valence-electron chi connectivity index (χ0n) is 41.3. The summed E-state index contributed by atoms with van der Waals surface area (Å²) >= 11 is 0. The van der Waals surface area contributed by atoms with E-state index in [0.717, 1.165) is 0 Å². The van der Waals surface area contributed by atoms with Gasteiger partial charge >= 0.3 is 5.97 Å². The third-order valence-electron chi connectivity index (χ3n) is 11.3. The van der Waals surface area contributed by atoms with Crippen molar-refractivity contribution in [2.45, 2.75) is 133 Å². The Labute approximate surface area is 422 Å². The van der Waals surface area contributed by atoms with E-state index in [0.29, 0.717) is 50.8 Å². The molecule has 0 bridgehead atoms. The van der Waals surface area contributed by atoms with Gasteiger partial charge in [-0.05, 0) is 97.2 Å². The molecule has 1 aliphatic rings. The first kappa shape index (κ1) is 62.2. The van der Waals surface area contributed by atoms with Crippen LogP contribution in [-0.4, -0.2) is 178 Å². The van der Waals surface area contributed by atoms with E-state index in [1.807, 2.05) is 0 Å². The number of likely N-dealkylation sites (tertiary alicyclic amines) is 1. The Bertz CT molecular complexity index is 2080. The van der Waals surface area contributed by atoms with Crippen LogP contribution in [0.2, 0.25) is 0 Å². The number of hydrogen-bond donors (Lipinski definition) is 16. The summed E-state index contributed by atoms with van der Waals surface area (Å²) in [5.74, 6) is -8.38. The van der Waals surface area contributed by atoms with Gasteiger partial charge in [0, 0.05) is 37.9 Å². The molecule has 23 N–H and O–H groups in total. The molecule has 1 aliphatic heterocycles. The third-order valence-corrected chi connectivity index (χ3v) is 11.3. The summed E-state index contributed by atoms with van der Waals surface area (Å²) in [4.78, 5) is 136. The largest absolute Gasteiger partial charge is 0.477 e. The normalized spacial score (nSPS) is 16.3. The zero-order chi connectivity index (χ0) is 54.5. The van der Waals surface area contributed by atoms with Gasteiger partial charge in [-0.15, -0.1) is 0 Å². The second kappa shape index (κ2) is 33.7. The molecule has 2 rings (SSSR count). The van der Waals surface area contributed by atoms with Crippen LogP contribution in [0.4, 0.5) is 0 Å². The Kier molecular flexibility index (Phi) is 28.7. The van der Waals surface area contributed by atoms with Crippen molar-refractivity contribution in [2.75, 3.05) is 45.8 Å². The van der Waals surface area contributed by atoms with Gasteiger partial charge in [-0.25, -0.2) is 14.8 Å². The summed E-state index contributed by atoms with van der Waals surface area (Å²) in [6.07, 6.45) is 5.90. The van der Waals surface area contributed by atoms with Crippen molar-refractivity contribution in [3.8, 4) is 0 Å². The molecule has 0 radical (unpaired) electrons. The average Bonchev–Trinajstić information content (AvgIpc) is 3.88. The van der Waals surface area contributed by atoms with Gasteiger partial charge < -0.3 is 92.1 Å². The van der Waals surface area contributed by atoms with Gasteiger partial charge in [0.25, 0.3) is 11.8 Å². The number of guanidine groups is 1. The van der Waals surface area contributed by atoms with E-state index in [1.54, 1.807) is 0 Å². The number of carboxylic acids is 1. The maximum Gasteiger partial charge on any atom is 0.352 e. The molecule has 2 heterocycles. The van der Waals surface area contributed by atoms with Crippen molar-refractivity contribution in [3.63, 3.8) is 0 Å². The number of H-pyrrole nitrogens is 1. The summed E-state index contributed by atoms with van der Waals surface area (Å²) in [5.41, 5.74) is 38.7. The van der Waals surface area contributed by atoms with Crippen molar-refractivity contribution in [3.05, 3.63) is 30.0 Å². The van der Waals surface area contributed by atoms with Crippen molar-refractivity contribution >= 4 is 64.9 Å². The number of aliphatic carboxylic acids is 1. The highest BCUT2D eigenvalue weighted by atomic mass is 16.4. The minimum absolute atomic E-state index is 0.0394. The van der Waals surface area contributed by atoms with E-state index in [1.165, 1.54) is 30.4 Å². The Balaban J connectivity index is 2.28. The first-order chi connectivity index (χ1) is 34.8. The number of nitrogens with two attached hydrogens (primary N) is 7. The number of aromatic amines is 1. The number of rotatable bonds is 33. The molecule has 1 fully saturated rings. The van der Waals surface area contributed by atoms with Crippen LogP contribution in [0.5, 0.6) is 0 Å². The number of aliphatic hydroxyl groups is 1. The number of unbranched alkanes of at least 4 members (excludes halogenated alkanes) is 2. The Morgan fingerprint density at radius 3 is 2.15 bits per heavy atom. The Morgan fingerprint density at radius 1 is 0.849 bits per heavy atom. The lowest BCUT2D eigenvalue weighted by Gasteiger charge is -2.36. The number of aliphatic hydroxyl groups excluding tert-OH is 1. The average molecular weight is 1030 g/mol. The molecular weight excluding hydrogens is 957 g/mol. The molecule has 0 spiro atoms. The predicted molar refractivity (Wildman–Crippen MR) is 267 cm³/mol. The molecule has 408 valence electrons. The summed E-state index contributed by atoms with van der Waals surface area (Å²) in [7, 11) is 0. The van der Waals surface area contributed by atoms with E-state index in [4.69, 9.17) is 40.1 Å². The highest BCUT2D eigenvalue weighted by molar-refractivity contribution is 6.40. The van der Waals surface area contributed by atoms with Crippen molar-refractivity contribution < 1.29 is 53.4 Å². The van der Waals surface area contributed by atoms with Gasteiger partial charge in [-0.1, -0.05) is 12.5 Å². The second-order valence-corrected chi connectivity index (χ2v) is 17.2. The Morgan fingerprint density at radius 2 is 1.53 bits per heavy atom. The van der Waals surface area contributed by atoms with Gasteiger partial charge in [-0.2, -0.15) is 0 Å². The number of carbonyl (C=O) groups excluding carboxylic acids is 8. The first-order valence-corrected chi connectivity index (χ1v) is 24.2. The van der Waals surface area contributed by atoms with Gasteiger partial charge in [0.15, 0.2) is 5.96 Å². The number of carbonyl (C=O) groups is 9. The summed E-state index contributed by atoms with van der Waals surface area (Å²) in [6, 6.07) is -7.70. The molecular formula is C44H76N18O11. The van der Waals surface area contributed by atoms with Crippen LogP contribution in [-0.2, 0) is 49.6 Å². The molecule has 73 heavy (non-hydrogen) atoms. The maximum absolute atomic E-state index is 14.2. The lowest BCUT2D eigenvalue weighted by molar-refractivity contribution is -0.139. The van der Waals surface area contributed by atoms with Crippen LogP contribution in [0.15, 0.2) is 34.3 Å². The lowest BCUT2D eigenvalue weighted by atomic mass is 9.99. The number of aliphatic imine (C=N–C) groups is 2. The molecule has 8 amide bonds. The minimum atomic E-state index is -1.57. The lowest BCUT2D eigenvalue weighted by Crippen LogP contribution is -2.60. The van der Waals surface area contributed by atoms with Crippen LogP contribution in [0, 0.1) is 0 Å². The third kappa shape index (κ3) is 22.6. The van der Waals surface area contributed by atoms with Crippen LogP contribution >= 0.6 is 0 Å². The van der Waals surface area contributed by atoms with Crippen LogP contribution in [0.25, 0.3) is 0 Å². The topological polar surface area (TPSA) is 505 Å². The molecule has 1 aromatic heterocycles. The summed E-state index contributed by atoms with van der Waals surface area (Å²) in [6.45, 7) is 1.00. The molecule has 0 unspecified atom stereocenters. The molecule has 1 saturated heterocycles. The van der Waals surface area contributed by atoms with Crippen LogP contribution in [0.3, 0.4) is 0 Å². The number of aromatic nitrogens is 2. The SMILES string of the molecule is C[C@H](NC(=O)[C@@H](NC(=O)[C@@H](N)CCCCN)[C@@H](O)CN)C(=O)NCC(=O)N=C(CCCN)C(=O)N1CCCC[C@H]1C(=O)N[C@@H](Cc1cnc[nH]1)C(=O)N[C@@H](CCCCN)C(=O)N/C(=C\CCN=C(N)N)C(=O)O. The summed E-state index contributed by atoms with van der Waals surface area (Å²) in [5, 5.41) is 34.9. The highest BCUT2D eigenvalue weighted by Gasteiger charge is 2.37. The maximum atomic E-state index is 14.2. The fraction of sp³-hybridized carbons (Fsp3) is 0.636. The zero-order valence-corrected chi connectivity index (χ0v) is 41.3. The molecule has 0 aromatic carbocycles. The Hall–Kier alpha value is -6.92. The number of imidazole rings is 1. The predicted octanol–water partition coefficient (Wildman–Crippen LogP) is -6.23. The highest BCUT2D eigenvalue weighted by Crippen LogP contribution is 2.20. The van der Waals surface area contributed by atoms with E-state index < -0.39 is 114 Å². The molecule has 1 aromatic rings. The molecule has 29 heteroatoms. The van der Waals surface area contributed by atoms with Crippen LogP contribution < -0.4 is 72.0 Å². The van der Waals surface area contributed by atoms with Gasteiger partial charge in [-0.3, -0.25) is 43.3 Å². The van der Waals surface area contributed by atoms with Crippen molar-refractivity contribution in [1.29, 1.82) is 0 Å². The monoisotopic (exact) mass is 1030 g/mol. The molecule has 0 saturated carbocycles. The molecule has 7 atom stereocenters. The summed E-state index contributed by atoms with van der Waals surface area (Å²) < 4.78 is 0. The number of piperidine rings is 1. The fourth-order valence-corrected chi connectivity index (χ4v) is 7.28. The number of nitrogens with one attached hydrogen (secondary N) is 7. The van der Waals surface area contributed by atoms with Crippen molar-refractivity contribution in [2.24, 2.45) is 50.1 Å². The van der Waals surface area contributed by atoms with Gasteiger partial charge in [0.1, 0.15) is 41.6 Å². The minimum Gasteiger partial charge on any atom is -0.477 e. The van der Waals surface area contributed by atoms with Crippen molar-refractivity contribution in [1.82, 2.24) is 46.8 Å². The number of hydrogen-bond acceptors (Lipinski definition) is 17. The standard InChI is InChI=1S/C44H76N18O11/c1-25(56-41(70)35(33(63)21-48)61-37(66)27(49)10-2-5-15-45)36(65)54-23-34(64)57-29(12-8-17-47)42(71)62-19-7-4-14-32(62)40(69)60-31(20-26-22-52-24-55-26)39(68)58-28(11-3-6-16-46)38(67)59-30(43(72)73)13-9-18-53-44(50)51/h13,22,24-25,27-28,31-33,35,63H,2-12,14-21,23,45-49H2,1H3,(H,52,55)(H,54,65)(H,56,70)(H,58,68)(H,59,67)(H,60,69)(H,61,66)(H,72,73)(H4,50,51,53)/b30-13-,57-29?/t25-,27-,28-,31-,32-,33-,35-/m0/s1. The van der Waals surface area contributed by atoms with E-state index >= 15 is 0 Å². The second-order valence-electron chi connectivity index (χ2n) is 17.2. The van der Waals surface area contributed by atoms with Crippen LogP contribution in [0.1, 0.15) is 89.7 Å².